The third kappa shape index (κ3) is 4.44. The summed E-state index contributed by atoms with van der Waals surface area (Å²) >= 11 is 1.61. The maximum absolute atomic E-state index is 13.1. The number of nitrogens with zero attached hydrogens (tertiary/aromatic N) is 3. The number of sulfonamides is 1. The van der Waals surface area contributed by atoms with Crippen molar-refractivity contribution in [2.24, 2.45) is 0 Å². The van der Waals surface area contributed by atoms with E-state index in [0.29, 0.717) is 18.0 Å². The van der Waals surface area contributed by atoms with Gasteiger partial charge < -0.3 is 14.8 Å². The highest BCUT2D eigenvalue weighted by molar-refractivity contribution is 7.98. The van der Waals surface area contributed by atoms with Gasteiger partial charge in [-0.2, -0.15) is 4.31 Å². The van der Waals surface area contributed by atoms with Crippen molar-refractivity contribution < 1.29 is 13.2 Å². The quantitative estimate of drug-likeness (QED) is 0.588. The number of benzene rings is 2. The Kier molecular flexibility index (Phi) is 6.27. The number of fused-ring (bicyclic) bond motifs is 1. The lowest BCUT2D eigenvalue weighted by Gasteiger charge is -2.34. The fourth-order valence-corrected chi connectivity index (χ4v) is 5.72. The number of aryl methyl sites for hydroxylation is 1. The number of urea groups is 1. The van der Waals surface area contributed by atoms with Crippen molar-refractivity contribution in [3.05, 3.63) is 54.7 Å². The lowest BCUT2D eigenvalue weighted by atomic mass is 10.2. The molecule has 0 saturated carbocycles. The van der Waals surface area contributed by atoms with Gasteiger partial charge in [0, 0.05) is 60.4 Å². The summed E-state index contributed by atoms with van der Waals surface area (Å²) in [6, 6.07) is 14.6. The van der Waals surface area contributed by atoms with Crippen LogP contribution in [0.2, 0.25) is 0 Å². The first kappa shape index (κ1) is 21.7. The molecule has 1 aliphatic heterocycles. The summed E-state index contributed by atoms with van der Waals surface area (Å²) in [7, 11) is -3.61. The van der Waals surface area contributed by atoms with Crippen LogP contribution >= 0.6 is 11.8 Å². The Labute approximate surface area is 187 Å². The van der Waals surface area contributed by atoms with Crippen LogP contribution in [0.3, 0.4) is 0 Å². The highest BCUT2D eigenvalue weighted by atomic mass is 32.2. The Morgan fingerprint density at radius 1 is 1.06 bits per heavy atom. The minimum absolute atomic E-state index is 0.211. The van der Waals surface area contributed by atoms with Gasteiger partial charge in [-0.15, -0.1) is 11.8 Å². The van der Waals surface area contributed by atoms with E-state index in [2.05, 4.69) is 16.8 Å². The molecule has 0 bridgehead atoms. The standard InChI is InChI=1S/C22H26N4O3S2/c1-3-24-10-9-17-15-20(7-8-21(17)24)31(28,29)26-13-11-25(12-14-26)22(27)23-18-5-4-6-19(16-18)30-2/h4-10,15-16H,3,11-14H2,1-2H3,(H,23,27). The Morgan fingerprint density at radius 3 is 2.55 bits per heavy atom. The van der Waals surface area contributed by atoms with Crippen LogP contribution in [-0.4, -0.2) is 60.7 Å². The summed E-state index contributed by atoms with van der Waals surface area (Å²) in [5.41, 5.74) is 1.76. The van der Waals surface area contributed by atoms with Gasteiger partial charge in [-0.1, -0.05) is 6.07 Å². The third-order valence-electron chi connectivity index (χ3n) is 5.57. The van der Waals surface area contributed by atoms with E-state index in [4.69, 9.17) is 0 Å². The predicted molar refractivity (Wildman–Crippen MR) is 125 cm³/mol. The Bertz CT molecular complexity index is 1200. The number of carbonyl (C=O) groups is 1. The maximum Gasteiger partial charge on any atom is 0.321 e. The van der Waals surface area contributed by atoms with Crippen molar-refractivity contribution in [1.82, 2.24) is 13.8 Å². The summed E-state index contributed by atoms with van der Waals surface area (Å²) in [5.74, 6) is 0. The van der Waals surface area contributed by atoms with E-state index in [9.17, 15) is 13.2 Å². The van der Waals surface area contributed by atoms with Crippen LogP contribution in [0.5, 0.6) is 0 Å². The van der Waals surface area contributed by atoms with Crippen LogP contribution in [0.25, 0.3) is 10.9 Å². The predicted octanol–water partition coefficient (Wildman–Crippen LogP) is 3.92. The highest BCUT2D eigenvalue weighted by Gasteiger charge is 2.30. The normalized spacial score (nSPS) is 15.4. The zero-order valence-electron chi connectivity index (χ0n) is 17.6. The molecule has 0 spiro atoms. The smallest absolute Gasteiger partial charge is 0.321 e. The van der Waals surface area contributed by atoms with Gasteiger partial charge in [0.1, 0.15) is 0 Å². The van der Waals surface area contributed by atoms with E-state index < -0.39 is 10.0 Å². The molecule has 2 amide bonds. The molecule has 164 valence electrons. The van der Waals surface area contributed by atoms with Gasteiger partial charge in [0.05, 0.1) is 4.90 Å². The van der Waals surface area contributed by atoms with Crippen LogP contribution in [0.15, 0.2) is 64.5 Å². The number of aromatic nitrogens is 1. The molecular weight excluding hydrogens is 432 g/mol. The zero-order valence-corrected chi connectivity index (χ0v) is 19.2. The molecule has 9 heteroatoms. The lowest BCUT2D eigenvalue weighted by Crippen LogP contribution is -2.51. The number of rotatable bonds is 5. The number of hydrogen-bond acceptors (Lipinski definition) is 4. The molecule has 7 nitrogen and oxygen atoms in total. The first-order valence-electron chi connectivity index (χ1n) is 10.2. The summed E-state index contributed by atoms with van der Waals surface area (Å²) in [6.07, 6.45) is 3.95. The minimum Gasteiger partial charge on any atom is -0.348 e. The van der Waals surface area contributed by atoms with E-state index in [0.717, 1.165) is 28.0 Å². The van der Waals surface area contributed by atoms with E-state index in [1.54, 1.807) is 28.8 Å². The fraction of sp³-hybridized carbons (Fsp3) is 0.318. The number of thioether (sulfide) groups is 1. The molecule has 31 heavy (non-hydrogen) atoms. The maximum atomic E-state index is 13.1. The zero-order chi connectivity index (χ0) is 22.0. The van der Waals surface area contributed by atoms with Crippen molar-refractivity contribution >= 4 is 44.4 Å². The average Bonchev–Trinajstić information content (AvgIpc) is 3.21. The molecule has 1 aliphatic rings. The molecule has 2 heterocycles. The Balaban J connectivity index is 1.42. The molecule has 4 rings (SSSR count). The van der Waals surface area contributed by atoms with Crippen molar-refractivity contribution in [3.8, 4) is 0 Å². The summed E-state index contributed by atoms with van der Waals surface area (Å²) < 4.78 is 29.8. The number of nitrogens with one attached hydrogen (secondary N) is 1. The number of anilines is 1. The monoisotopic (exact) mass is 458 g/mol. The van der Waals surface area contributed by atoms with Gasteiger partial charge in [0.2, 0.25) is 10.0 Å². The minimum atomic E-state index is -3.61. The topological polar surface area (TPSA) is 74.7 Å². The van der Waals surface area contributed by atoms with Crippen molar-refractivity contribution in [1.29, 1.82) is 0 Å². The molecule has 1 saturated heterocycles. The molecule has 1 fully saturated rings. The summed E-state index contributed by atoms with van der Waals surface area (Å²) in [6.45, 7) is 4.13. The lowest BCUT2D eigenvalue weighted by molar-refractivity contribution is 0.184. The summed E-state index contributed by atoms with van der Waals surface area (Å²) in [4.78, 5) is 15.6. The van der Waals surface area contributed by atoms with Crippen LogP contribution < -0.4 is 5.32 Å². The van der Waals surface area contributed by atoms with E-state index in [-0.39, 0.29) is 19.1 Å². The third-order valence-corrected chi connectivity index (χ3v) is 8.19. The number of carbonyl (C=O) groups excluding carboxylic acids is 1. The number of hydrogen-bond donors (Lipinski definition) is 1. The first-order valence-corrected chi connectivity index (χ1v) is 12.9. The molecule has 3 aromatic rings. The van der Waals surface area contributed by atoms with E-state index in [1.165, 1.54) is 4.31 Å². The fourth-order valence-electron chi connectivity index (χ4n) is 3.80. The van der Waals surface area contributed by atoms with Crippen molar-refractivity contribution in [2.75, 3.05) is 37.8 Å². The highest BCUT2D eigenvalue weighted by Crippen LogP contribution is 2.24. The molecule has 1 aromatic heterocycles. The molecule has 0 unspecified atom stereocenters. The second-order valence-corrected chi connectivity index (χ2v) is 10.2. The number of piperazine rings is 1. The SMILES string of the molecule is CCn1ccc2cc(S(=O)(=O)N3CCN(C(=O)Nc4cccc(SC)c4)CC3)ccc21. The van der Waals surface area contributed by atoms with Crippen LogP contribution in [0.4, 0.5) is 10.5 Å². The van der Waals surface area contributed by atoms with Gasteiger partial charge >= 0.3 is 6.03 Å². The largest absolute Gasteiger partial charge is 0.348 e. The first-order chi connectivity index (χ1) is 14.9. The second kappa shape index (κ2) is 8.94. The van der Waals surface area contributed by atoms with E-state index >= 15 is 0 Å². The molecule has 2 aromatic carbocycles. The van der Waals surface area contributed by atoms with Gasteiger partial charge in [-0.25, -0.2) is 13.2 Å². The van der Waals surface area contributed by atoms with E-state index in [1.807, 2.05) is 48.9 Å². The Hall–Kier alpha value is -2.49. The molecule has 0 aliphatic carbocycles. The number of amides is 2. The van der Waals surface area contributed by atoms with Gasteiger partial charge in [-0.05, 0) is 55.6 Å². The second-order valence-electron chi connectivity index (χ2n) is 7.38. The van der Waals surface area contributed by atoms with Crippen LogP contribution in [-0.2, 0) is 16.6 Å². The van der Waals surface area contributed by atoms with Gasteiger partial charge in [0.15, 0.2) is 0 Å². The molecule has 0 atom stereocenters. The molecular formula is C22H26N4O3S2. The Morgan fingerprint density at radius 2 is 1.84 bits per heavy atom. The van der Waals surface area contributed by atoms with Gasteiger partial charge in [0.25, 0.3) is 0 Å². The van der Waals surface area contributed by atoms with Crippen molar-refractivity contribution in [2.45, 2.75) is 23.3 Å². The van der Waals surface area contributed by atoms with Crippen LogP contribution in [0.1, 0.15) is 6.92 Å². The summed E-state index contributed by atoms with van der Waals surface area (Å²) in [5, 5.41) is 3.81. The van der Waals surface area contributed by atoms with Crippen molar-refractivity contribution in [3.63, 3.8) is 0 Å². The molecule has 1 N–H and O–H groups in total. The van der Waals surface area contributed by atoms with Crippen LogP contribution in [0, 0.1) is 0 Å². The molecule has 0 radical (unpaired) electrons. The van der Waals surface area contributed by atoms with Gasteiger partial charge in [-0.3, -0.25) is 0 Å². The average molecular weight is 459 g/mol.